The molecule has 0 aliphatic rings. The zero-order valence-electron chi connectivity index (χ0n) is 10.8. The molecule has 0 aliphatic heterocycles. The van der Waals surface area contributed by atoms with Crippen LogP contribution in [0.15, 0.2) is 48.9 Å². The summed E-state index contributed by atoms with van der Waals surface area (Å²) in [6.45, 7) is -0.267. The molecule has 0 amide bonds. The van der Waals surface area contributed by atoms with Gasteiger partial charge in [0.1, 0.15) is 4.90 Å². The van der Waals surface area contributed by atoms with E-state index in [4.69, 9.17) is 0 Å². The molecule has 0 aliphatic carbocycles. The van der Waals surface area contributed by atoms with E-state index in [1.165, 1.54) is 17.4 Å². The lowest BCUT2D eigenvalue weighted by atomic mass is 10.1. The molecule has 8 heteroatoms. The van der Waals surface area contributed by atoms with Gasteiger partial charge in [-0.05, 0) is 49.9 Å². The van der Waals surface area contributed by atoms with Crippen molar-refractivity contribution in [1.29, 1.82) is 0 Å². The number of hydrogen-bond acceptors (Lipinski definition) is 4. The van der Waals surface area contributed by atoms with Crippen molar-refractivity contribution >= 4 is 53.2 Å². The average molecular weight is 455 g/mol. The van der Waals surface area contributed by atoms with Gasteiger partial charge in [-0.2, -0.15) is 0 Å². The van der Waals surface area contributed by atoms with Crippen molar-refractivity contribution < 1.29 is 13.5 Å². The zero-order chi connectivity index (χ0) is 15.5. The van der Waals surface area contributed by atoms with E-state index in [1.54, 1.807) is 0 Å². The lowest BCUT2D eigenvalue weighted by Crippen LogP contribution is -2.39. The number of nitrogens with one attached hydrogen (secondary N) is 1. The van der Waals surface area contributed by atoms with Gasteiger partial charge in [-0.15, -0.1) is 11.3 Å². The largest absolute Gasteiger partial charge is 0.395 e. The number of hydrogen-bond donors (Lipinski definition) is 2. The number of rotatable bonds is 6. The van der Waals surface area contributed by atoms with Gasteiger partial charge in [-0.1, -0.05) is 30.3 Å². The van der Waals surface area contributed by atoms with Crippen molar-refractivity contribution in [2.24, 2.45) is 0 Å². The van der Waals surface area contributed by atoms with Crippen molar-refractivity contribution in [1.82, 2.24) is 4.72 Å². The minimum atomic E-state index is -3.68. The molecule has 0 saturated carbocycles. The highest BCUT2D eigenvalue weighted by Crippen LogP contribution is 2.34. The molecule has 0 radical (unpaired) electrons. The highest BCUT2D eigenvalue weighted by molar-refractivity contribution is 9.12. The molecule has 1 atom stereocenters. The number of sulfonamides is 1. The Balaban J connectivity index is 2.16. The molecule has 0 unspecified atom stereocenters. The first-order valence-electron chi connectivity index (χ1n) is 6.04. The molecule has 0 bridgehead atoms. The van der Waals surface area contributed by atoms with E-state index < -0.39 is 16.1 Å². The molecule has 1 aromatic heterocycles. The Hall–Kier alpha value is -0.250. The molecule has 1 heterocycles. The molecule has 4 nitrogen and oxygen atoms in total. The lowest BCUT2D eigenvalue weighted by molar-refractivity contribution is 0.256. The first kappa shape index (κ1) is 17.1. The Labute approximate surface area is 144 Å². The maximum Gasteiger partial charge on any atom is 0.242 e. The number of benzene rings is 1. The van der Waals surface area contributed by atoms with E-state index in [9.17, 15) is 13.5 Å². The zero-order valence-corrected chi connectivity index (χ0v) is 15.6. The average Bonchev–Trinajstić information content (AvgIpc) is 2.79. The second-order valence-corrected chi connectivity index (χ2v) is 9.81. The van der Waals surface area contributed by atoms with Gasteiger partial charge in [0.05, 0.1) is 14.2 Å². The van der Waals surface area contributed by atoms with Crippen molar-refractivity contribution in [2.45, 2.75) is 17.4 Å². The third kappa shape index (κ3) is 4.61. The molecule has 2 rings (SSSR count). The van der Waals surface area contributed by atoms with E-state index in [0.717, 1.165) is 9.35 Å². The van der Waals surface area contributed by atoms with Gasteiger partial charge in [0.15, 0.2) is 0 Å². The molecule has 1 aromatic carbocycles. The van der Waals surface area contributed by atoms with Crippen LogP contribution in [-0.2, 0) is 16.4 Å². The van der Waals surface area contributed by atoms with E-state index in [0.29, 0.717) is 10.2 Å². The Kier molecular flexibility index (Phi) is 5.98. The Morgan fingerprint density at radius 3 is 2.43 bits per heavy atom. The summed E-state index contributed by atoms with van der Waals surface area (Å²) >= 11 is 7.78. The topological polar surface area (TPSA) is 66.4 Å². The molecule has 0 fully saturated rings. The maximum absolute atomic E-state index is 12.4. The van der Waals surface area contributed by atoms with Crippen molar-refractivity contribution in [2.75, 3.05) is 6.61 Å². The van der Waals surface area contributed by atoms with E-state index in [1.807, 2.05) is 30.3 Å². The fourth-order valence-corrected chi connectivity index (χ4v) is 6.87. The van der Waals surface area contributed by atoms with Gasteiger partial charge in [0.2, 0.25) is 10.0 Å². The fraction of sp³-hybridized carbons (Fsp3) is 0.231. The lowest BCUT2D eigenvalue weighted by Gasteiger charge is -2.16. The third-order valence-electron chi connectivity index (χ3n) is 2.78. The van der Waals surface area contributed by atoms with Crippen LogP contribution >= 0.6 is 43.2 Å². The van der Waals surface area contributed by atoms with Crippen LogP contribution in [0.4, 0.5) is 0 Å². The summed E-state index contributed by atoms with van der Waals surface area (Å²) in [7, 11) is -3.68. The predicted octanol–water partition coefficient (Wildman–Crippen LogP) is 3.16. The van der Waals surface area contributed by atoms with E-state index >= 15 is 0 Å². The molecular formula is C13H13Br2NO3S2. The summed E-state index contributed by atoms with van der Waals surface area (Å²) in [5.41, 5.74) is 0.963. The number of aliphatic hydroxyl groups excluding tert-OH is 1. The normalized spacial score (nSPS) is 13.3. The second-order valence-electron chi connectivity index (χ2n) is 4.38. The Bertz CT molecular complexity index is 701. The van der Waals surface area contributed by atoms with Crippen LogP contribution < -0.4 is 4.72 Å². The fourth-order valence-electron chi connectivity index (χ4n) is 1.83. The predicted molar refractivity (Wildman–Crippen MR) is 91.1 cm³/mol. The molecule has 114 valence electrons. The smallest absolute Gasteiger partial charge is 0.242 e. The third-order valence-corrected chi connectivity index (χ3v) is 7.06. The summed E-state index contributed by atoms with van der Waals surface area (Å²) < 4.78 is 28.5. The first-order chi connectivity index (χ1) is 9.92. The summed E-state index contributed by atoms with van der Waals surface area (Å²) in [6.07, 6.45) is 0.430. The number of aliphatic hydroxyl groups is 1. The van der Waals surface area contributed by atoms with Gasteiger partial charge in [-0.3, -0.25) is 0 Å². The highest BCUT2D eigenvalue weighted by atomic mass is 79.9. The number of thiophene rings is 1. The van der Waals surface area contributed by atoms with Crippen molar-refractivity contribution in [3.63, 3.8) is 0 Å². The molecule has 0 spiro atoms. The van der Waals surface area contributed by atoms with Gasteiger partial charge < -0.3 is 5.11 Å². The summed E-state index contributed by atoms with van der Waals surface area (Å²) in [6, 6.07) is 10.4. The van der Waals surface area contributed by atoms with Gasteiger partial charge >= 0.3 is 0 Å². The van der Waals surface area contributed by atoms with Crippen molar-refractivity contribution in [3.8, 4) is 0 Å². The van der Waals surface area contributed by atoms with Crippen LogP contribution in [0.5, 0.6) is 0 Å². The standard InChI is InChI=1S/C13H13Br2NO3S2/c14-12-7-11(13(15)20-12)21(18,19)16-10(8-17)6-9-4-2-1-3-5-9/h1-5,7,10,16-17H,6,8H2/t10-/m1/s1. The van der Waals surface area contributed by atoms with E-state index in [2.05, 4.69) is 36.6 Å². The highest BCUT2D eigenvalue weighted by Gasteiger charge is 2.24. The van der Waals surface area contributed by atoms with Crippen LogP contribution in [0.25, 0.3) is 0 Å². The van der Waals surface area contributed by atoms with Crippen LogP contribution in [0.3, 0.4) is 0 Å². The molecule has 2 N–H and O–H groups in total. The van der Waals surface area contributed by atoms with Crippen LogP contribution in [0.1, 0.15) is 5.56 Å². The van der Waals surface area contributed by atoms with Crippen molar-refractivity contribution in [3.05, 3.63) is 49.5 Å². The van der Waals surface area contributed by atoms with Crippen LogP contribution in [-0.4, -0.2) is 26.2 Å². The quantitative estimate of drug-likeness (QED) is 0.704. The van der Waals surface area contributed by atoms with Gasteiger partial charge in [-0.25, -0.2) is 13.1 Å². The van der Waals surface area contributed by atoms with Gasteiger partial charge in [0.25, 0.3) is 0 Å². The molecule has 0 saturated heterocycles. The van der Waals surface area contributed by atoms with Gasteiger partial charge in [0, 0.05) is 6.04 Å². The Morgan fingerprint density at radius 2 is 1.90 bits per heavy atom. The summed E-state index contributed by atoms with van der Waals surface area (Å²) in [5.74, 6) is 0. The van der Waals surface area contributed by atoms with E-state index in [-0.39, 0.29) is 11.5 Å². The first-order valence-corrected chi connectivity index (χ1v) is 9.93. The summed E-state index contributed by atoms with van der Waals surface area (Å²) in [4.78, 5) is 0.172. The monoisotopic (exact) mass is 453 g/mol. The minimum Gasteiger partial charge on any atom is -0.395 e. The maximum atomic E-state index is 12.4. The SMILES string of the molecule is O=S(=O)(N[C@@H](CO)Cc1ccccc1)c1cc(Br)sc1Br. The second kappa shape index (κ2) is 7.34. The number of halogens is 2. The van der Waals surface area contributed by atoms with Crippen LogP contribution in [0, 0.1) is 0 Å². The Morgan fingerprint density at radius 1 is 1.24 bits per heavy atom. The molecule has 2 aromatic rings. The molecule has 21 heavy (non-hydrogen) atoms. The summed E-state index contributed by atoms with van der Waals surface area (Å²) in [5, 5.41) is 9.43. The minimum absolute atomic E-state index is 0.172. The van der Waals surface area contributed by atoms with Crippen LogP contribution in [0.2, 0.25) is 0 Å². The molecular weight excluding hydrogens is 442 g/mol.